The highest BCUT2D eigenvalue weighted by Gasteiger charge is 2.40. The van der Waals surface area contributed by atoms with Crippen molar-refractivity contribution in [3.8, 4) is 0 Å². The smallest absolute Gasteiger partial charge is 0.239 e. The van der Waals surface area contributed by atoms with E-state index in [1.54, 1.807) is 36.9 Å². The topological polar surface area (TPSA) is 49.4 Å². The molecule has 1 saturated heterocycles. The fourth-order valence-electron chi connectivity index (χ4n) is 2.73. The molecule has 0 aromatic heterocycles. The fraction of sp³-hybridized carbons (Fsp3) is 0.529. The van der Waals surface area contributed by atoms with Crippen LogP contribution in [0.25, 0.3) is 0 Å². The van der Waals surface area contributed by atoms with Crippen molar-refractivity contribution in [2.45, 2.75) is 33.6 Å². The number of carbonyl (C=O) groups is 2. The van der Waals surface area contributed by atoms with Gasteiger partial charge in [-0.15, -0.1) is 0 Å². The predicted molar refractivity (Wildman–Crippen MR) is 93.9 cm³/mol. The van der Waals surface area contributed by atoms with E-state index in [0.717, 1.165) is 12.8 Å². The summed E-state index contributed by atoms with van der Waals surface area (Å²) in [7, 11) is 0. The highest BCUT2D eigenvalue weighted by Crippen LogP contribution is 2.28. The number of halogens is 2. The molecule has 1 aliphatic rings. The lowest BCUT2D eigenvalue weighted by Gasteiger charge is -2.36. The van der Waals surface area contributed by atoms with E-state index < -0.39 is 5.41 Å². The van der Waals surface area contributed by atoms with Crippen LogP contribution in [-0.4, -0.2) is 29.8 Å². The Bertz CT molecular complexity index is 617. The lowest BCUT2D eigenvalue weighted by Crippen LogP contribution is -2.50. The minimum Gasteiger partial charge on any atom is -0.342 e. The van der Waals surface area contributed by atoms with Crippen LogP contribution < -0.4 is 5.32 Å². The van der Waals surface area contributed by atoms with Crippen molar-refractivity contribution in [3.63, 3.8) is 0 Å². The predicted octanol–water partition coefficient (Wildman–Crippen LogP) is 4.22. The van der Waals surface area contributed by atoms with Gasteiger partial charge in [0.05, 0.1) is 10.0 Å². The van der Waals surface area contributed by atoms with Crippen LogP contribution in [-0.2, 0) is 9.59 Å². The summed E-state index contributed by atoms with van der Waals surface area (Å²) in [5, 5.41) is 3.53. The van der Waals surface area contributed by atoms with Gasteiger partial charge < -0.3 is 10.2 Å². The fourth-order valence-corrected chi connectivity index (χ4v) is 3.03. The number of amides is 2. The molecule has 1 fully saturated rings. The number of nitrogens with zero attached hydrogens (tertiary/aromatic N) is 1. The number of nitrogens with one attached hydrogen (secondary N) is 1. The Morgan fingerprint density at radius 3 is 2.57 bits per heavy atom. The molecule has 0 spiro atoms. The first-order chi connectivity index (χ1) is 10.7. The first-order valence-electron chi connectivity index (χ1n) is 7.77. The Kier molecular flexibility index (Phi) is 5.58. The van der Waals surface area contributed by atoms with Gasteiger partial charge >= 0.3 is 0 Å². The van der Waals surface area contributed by atoms with Crippen LogP contribution >= 0.6 is 23.2 Å². The van der Waals surface area contributed by atoms with Gasteiger partial charge in [0.1, 0.15) is 5.41 Å². The maximum Gasteiger partial charge on any atom is 0.239 e. The molecule has 1 aliphatic heterocycles. The monoisotopic (exact) mass is 356 g/mol. The van der Waals surface area contributed by atoms with Crippen molar-refractivity contribution in [2.24, 2.45) is 11.3 Å². The number of likely N-dealkylation sites (tertiary alicyclic amines) is 1. The summed E-state index contributed by atoms with van der Waals surface area (Å²) in [5.41, 5.74) is -0.610. The molecule has 126 valence electrons. The highest BCUT2D eigenvalue weighted by atomic mass is 35.5. The minimum atomic E-state index is -1.14. The van der Waals surface area contributed by atoms with Crippen molar-refractivity contribution in [3.05, 3.63) is 28.2 Å². The summed E-state index contributed by atoms with van der Waals surface area (Å²) >= 11 is 11.8. The normalized spacial score (nSPS) is 18.7. The molecule has 0 radical (unpaired) electrons. The second-order valence-electron chi connectivity index (χ2n) is 6.71. The average Bonchev–Trinajstić information content (AvgIpc) is 2.50. The molecular weight excluding hydrogens is 335 g/mol. The quantitative estimate of drug-likeness (QED) is 0.824. The zero-order valence-electron chi connectivity index (χ0n) is 13.7. The molecule has 0 saturated carbocycles. The van der Waals surface area contributed by atoms with E-state index in [4.69, 9.17) is 23.2 Å². The Labute approximate surface area is 147 Å². The highest BCUT2D eigenvalue weighted by molar-refractivity contribution is 6.42. The van der Waals surface area contributed by atoms with Crippen LogP contribution in [0.5, 0.6) is 0 Å². The van der Waals surface area contributed by atoms with Crippen molar-refractivity contribution in [1.82, 2.24) is 4.90 Å². The van der Waals surface area contributed by atoms with E-state index in [9.17, 15) is 9.59 Å². The lowest BCUT2D eigenvalue weighted by atomic mass is 9.88. The molecular formula is C17H22Cl2N2O2. The maximum atomic E-state index is 12.7. The summed E-state index contributed by atoms with van der Waals surface area (Å²) in [4.78, 5) is 27.1. The Balaban J connectivity index is 2.09. The van der Waals surface area contributed by atoms with Gasteiger partial charge in [-0.1, -0.05) is 30.1 Å². The van der Waals surface area contributed by atoms with Crippen LogP contribution in [0.3, 0.4) is 0 Å². The van der Waals surface area contributed by atoms with Crippen molar-refractivity contribution >= 4 is 40.7 Å². The molecule has 23 heavy (non-hydrogen) atoms. The zero-order chi connectivity index (χ0) is 17.2. The van der Waals surface area contributed by atoms with Gasteiger partial charge in [0.25, 0.3) is 0 Å². The average molecular weight is 357 g/mol. The molecule has 4 nitrogen and oxygen atoms in total. The third kappa shape index (κ3) is 4.18. The second kappa shape index (κ2) is 7.10. The summed E-state index contributed by atoms with van der Waals surface area (Å²) in [6.07, 6.45) is 2.11. The molecule has 1 heterocycles. The third-order valence-corrected chi connectivity index (χ3v) is 4.96. The summed E-state index contributed by atoms with van der Waals surface area (Å²) in [6.45, 7) is 6.86. The standard InChI is InChI=1S/C17H22Cl2N2O2/c1-11-5-4-8-21(10-11)16(23)17(2,3)15(22)20-12-6-7-13(18)14(19)9-12/h6-7,9,11H,4-5,8,10H2,1-3H3,(H,20,22). The van der Waals surface area contributed by atoms with Crippen molar-refractivity contribution in [1.29, 1.82) is 0 Å². The van der Waals surface area contributed by atoms with Gasteiger partial charge in [0.15, 0.2) is 0 Å². The summed E-state index contributed by atoms with van der Waals surface area (Å²) < 4.78 is 0. The van der Waals surface area contributed by atoms with Crippen LogP contribution in [0, 0.1) is 11.3 Å². The van der Waals surface area contributed by atoms with E-state index in [0.29, 0.717) is 34.7 Å². The Hall–Kier alpha value is -1.26. The van der Waals surface area contributed by atoms with Gasteiger partial charge in [-0.25, -0.2) is 0 Å². The molecule has 1 atom stereocenters. The number of benzene rings is 1. The molecule has 2 rings (SSSR count). The number of piperidine rings is 1. The molecule has 1 aromatic carbocycles. The first kappa shape index (κ1) is 18.1. The van der Waals surface area contributed by atoms with E-state index in [-0.39, 0.29) is 11.8 Å². The van der Waals surface area contributed by atoms with E-state index in [2.05, 4.69) is 12.2 Å². The summed E-state index contributed by atoms with van der Waals surface area (Å²) in [6, 6.07) is 4.85. The van der Waals surface area contributed by atoms with Gasteiger partial charge in [0, 0.05) is 18.8 Å². The van der Waals surface area contributed by atoms with Crippen LogP contribution in [0.2, 0.25) is 10.0 Å². The summed E-state index contributed by atoms with van der Waals surface area (Å²) in [5.74, 6) is -0.0117. The number of hydrogen-bond acceptors (Lipinski definition) is 2. The van der Waals surface area contributed by atoms with Crippen LogP contribution in [0.4, 0.5) is 5.69 Å². The van der Waals surface area contributed by atoms with Crippen molar-refractivity contribution < 1.29 is 9.59 Å². The van der Waals surface area contributed by atoms with Gasteiger partial charge in [0.2, 0.25) is 11.8 Å². The van der Waals surface area contributed by atoms with Crippen molar-refractivity contribution in [2.75, 3.05) is 18.4 Å². The van der Waals surface area contributed by atoms with E-state index in [1.807, 2.05) is 0 Å². The van der Waals surface area contributed by atoms with Gasteiger partial charge in [-0.3, -0.25) is 9.59 Å². The molecule has 1 N–H and O–H groups in total. The minimum absolute atomic E-state index is 0.137. The number of carbonyl (C=O) groups excluding carboxylic acids is 2. The Morgan fingerprint density at radius 1 is 1.26 bits per heavy atom. The van der Waals surface area contributed by atoms with Crippen LogP contribution in [0.1, 0.15) is 33.6 Å². The van der Waals surface area contributed by atoms with E-state index >= 15 is 0 Å². The molecule has 0 aliphatic carbocycles. The largest absolute Gasteiger partial charge is 0.342 e. The lowest BCUT2D eigenvalue weighted by molar-refractivity contribution is -0.147. The molecule has 1 unspecified atom stereocenters. The van der Waals surface area contributed by atoms with Gasteiger partial charge in [-0.05, 0) is 50.8 Å². The number of hydrogen-bond donors (Lipinski definition) is 1. The zero-order valence-corrected chi connectivity index (χ0v) is 15.2. The van der Waals surface area contributed by atoms with Gasteiger partial charge in [-0.2, -0.15) is 0 Å². The second-order valence-corrected chi connectivity index (χ2v) is 7.52. The molecule has 0 bridgehead atoms. The van der Waals surface area contributed by atoms with E-state index in [1.165, 1.54) is 0 Å². The van der Waals surface area contributed by atoms with Crippen LogP contribution in [0.15, 0.2) is 18.2 Å². The molecule has 2 amide bonds. The molecule has 6 heteroatoms. The SMILES string of the molecule is CC1CCCN(C(=O)C(C)(C)C(=O)Nc2ccc(Cl)c(Cl)c2)C1. The number of anilines is 1. The Morgan fingerprint density at radius 2 is 1.96 bits per heavy atom. The first-order valence-corrected chi connectivity index (χ1v) is 8.53. The number of rotatable bonds is 3. The molecule has 1 aromatic rings. The maximum absolute atomic E-state index is 12.7. The third-order valence-electron chi connectivity index (χ3n) is 4.22.